The third-order valence-electron chi connectivity index (χ3n) is 2.77. The molecule has 90 valence electrons. The van der Waals surface area contributed by atoms with Gasteiger partial charge in [-0.1, -0.05) is 24.3 Å². The van der Waals surface area contributed by atoms with Crippen LogP contribution in [0.15, 0.2) is 41.8 Å². The SMILES string of the molecule is CC(NCCc1ccccc1F)c1cccs1. The van der Waals surface area contributed by atoms with E-state index in [-0.39, 0.29) is 5.82 Å². The van der Waals surface area contributed by atoms with Gasteiger partial charge in [-0.25, -0.2) is 4.39 Å². The van der Waals surface area contributed by atoms with Gasteiger partial charge in [0.25, 0.3) is 0 Å². The van der Waals surface area contributed by atoms with Crippen molar-refractivity contribution >= 4 is 11.3 Å². The minimum absolute atomic E-state index is 0.113. The van der Waals surface area contributed by atoms with Crippen molar-refractivity contribution in [3.8, 4) is 0 Å². The molecule has 17 heavy (non-hydrogen) atoms. The summed E-state index contributed by atoms with van der Waals surface area (Å²) in [7, 11) is 0. The van der Waals surface area contributed by atoms with Crippen LogP contribution in [-0.2, 0) is 6.42 Å². The highest BCUT2D eigenvalue weighted by Gasteiger charge is 2.06. The first kappa shape index (κ1) is 12.3. The molecule has 2 rings (SSSR count). The molecule has 0 bridgehead atoms. The van der Waals surface area contributed by atoms with Crippen molar-refractivity contribution in [2.45, 2.75) is 19.4 Å². The lowest BCUT2D eigenvalue weighted by molar-refractivity contribution is 0.564. The van der Waals surface area contributed by atoms with Crippen LogP contribution in [0.5, 0.6) is 0 Å². The van der Waals surface area contributed by atoms with Gasteiger partial charge in [-0.05, 0) is 43.0 Å². The van der Waals surface area contributed by atoms with Crippen LogP contribution in [0.2, 0.25) is 0 Å². The molecule has 1 heterocycles. The largest absolute Gasteiger partial charge is 0.309 e. The van der Waals surface area contributed by atoms with E-state index in [1.54, 1.807) is 17.4 Å². The van der Waals surface area contributed by atoms with E-state index in [2.05, 4.69) is 29.8 Å². The van der Waals surface area contributed by atoms with Crippen LogP contribution < -0.4 is 5.32 Å². The van der Waals surface area contributed by atoms with Crippen LogP contribution in [0.25, 0.3) is 0 Å². The van der Waals surface area contributed by atoms with Crippen LogP contribution in [0.4, 0.5) is 4.39 Å². The van der Waals surface area contributed by atoms with Gasteiger partial charge in [-0.15, -0.1) is 11.3 Å². The topological polar surface area (TPSA) is 12.0 Å². The first-order valence-corrected chi connectivity index (χ1v) is 6.65. The van der Waals surface area contributed by atoms with E-state index < -0.39 is 0 Å². The Balaban J connectivity index is 1.82. The Kier molecular flexibility index (Phi) is 4.29. The molecule has 2 aromatic rings. The highest BCUT2D eigenvalue weighted by Crippen LogP contribution is 2.18. The van der Waals surface area contributed by atoms with E-state index >= 15 is 0 Å². The van der Waals surface area contributed by atoms with Crippen molar-refractivity contribution in [3.63, 3.8) is 0 Å². The number of nitrogens with one attached hydrogen (secondary N) is 1. The van der Waals surface area contributed by atoms with Gasteiger partial charge < -0.3 is 5.32 Å². The predicted octanol–water partition coefficient (Wildman–Crippen LogP) is 3.78. The summed E-state index contributed by atoms with van der Waals surface area (Å²) < 4.78 is 13.4. The Morgan fingerprint density at radius 2 is 2.06 bits per heavy atom. The zero-order chi connectivity index (χ0) is 12.1. The quantitative estimate of drug-likeness (QED) is 0.850. The van der Waals surface area contributed by atoms with E-state index in [0.717, 1.165) is 18.5 Å². The molecule has 1 aromatic carbocycles. The second-order valence-corrected chi connectivity index (χ2v) is 5.01. The van der Waals surface area contributed by atoms with Gasteiger partial charge in [0.15, 0.2) is 0 Å². The first-order chi connectivity index (χ1) is 8.27. The van der Waals surface area contributed by atoms with Gasteiger partial charge in [0.1, 0.15) is 5.82 Å². The second-order valence-electron chi connectivity index (χ2n) is 4.03. The summed E-state index contributed by atoms with van der Waals surface area (Å²) in [5, 5.41) is 5.48. The van der Waals surface area contributed by atoms with Crippen LogP contribution in [0.3, 0.4) is 0 Å². The Hall–Kier alpha value is -1.19. The Labute approximate surface area is 105 Å². The Morgan fingerprint density at radius 3 is 2.76 bits per heavy atom. The highest BCUT2D eigenvalue weighted by atomic mass is 32.1. The molecule has 0 radical (unpaired) electrons. The van der Waals surface area contributed by atoms with Crippen LogP contribution >= 0.6 is 11.3 Å². The molecule has 1 atom stereocenters. The van der Waals surface area contributed by atoms with Gasteiger partial charge in [-0.3, -0.25) is 0 Å². The molecule has 0 saturated carbocycles. The molecular weight excluding hydrogens is 233 g/mol. The number of thiophene rings is 1. The lowest BCUT2D eigenvalue weighted by Crippen LogP contribution is -2.20. The molecule has 0 aliphatic rings. The van der Waals surface area contributed by atoms with Gasteiger partial charge >= 0.3 is 0 Å². The van der Waals surface area contributed by atoms with Crippen LogP contribution in [-0.4, -0.2) is 6.54 Å². The zero-order valence-electron chi connectivity index (χ0n) is 9.82. The van der Waals surface area contributed by atoms with Gasteiger partial charge in [-0.2, -0.15) is 0 Å². The molecule has 0 saturated heterocycles. The molecule has 1 N–H and O–H groups in total. The fourth-order valence-corrected chi connectivity index (χ4v) is 2.52. The van der Waals surface area contributed by atoms with Gasteiger partial charge in [0.05, 0.1) is 0 Å². The minimum atomic E-state index is -0.113. The van der Waals surface area contributed by atoms with Crippen molar-refractivity contribution in [2.75, 3.05) is 6.54 Å². The number of rotatable bonds is 5. The molecule has 1 aromatic heterocycles. The standard InChI is InChI=1S/C14H16FNS/c1-11(14-7-4-10-17-14)16-9-8-12-5-2-3-6-13(12)15/h2-7,10-11,16H,8-9H2,1H3. The van der Waals surface area contributed by atoms with Gasteiger partial charge in [0.2, 0.25) is 0 Å². The molecule has 0 fully saturated rings. The number of hydrogen-bond donors (Lipinski definition) is 1. The maximum Gasteiger partial charge on any atom is 0.126 e. The van der Waals surface area contributed by atoms with Crippen molar-refractivity contribution in [1.82, 2.24) is 5.32 Å². The van der Waals surface area contributed by atoms with Gasteiger partial charge in [0, 0.05) is 10.9 Å². The molecule has 0 aliphatic carbocycles. The predicted molar refractivity (Wildman–Crippen MR) is 70.8 cm³/mol. The molecular formula is C14H16FNS. The normalized spacial score (nSPS) is 12.6. The number of benzene rings is 1. The molecule has 0 aliphatic heterocycles. The average molecular weight is 249 g/mol. The van der Waals surface area contributed by atoms with E-state index in [9.17, 15) is 4.39 Å². The summed E-state index contributed by atoms with van der Waals surface area (Å²) >= 11 is 1.74. The maximum absolute atomic E-state index is 13.4. The third kappa shape index (κ3) is 3.38. The molecule has 1 nitrogen and oxygen atoms in total. The van der Waals surface area contributed by atoms with E-state index in [4.69, 9.17) is 0 Å². The smallest absolute Gasteiger partial charge is 0.126 e. The van der Waals surface area contributed by atoms with Crippen LogP contribution in [0, 0.1) is 5.82 Å². The summed E-state index contributed by atoms with van der Waals surface area (Å²) in [4.78, 5) is 1.32. The lowest BCUT2D eigenvalue weighted by Gasteiger charge is -2.12. The maximum atomic E-state index is 13.4. The molecule has 0 amide bonds. The van der Waals surface area contributed by atoms with Crippen molar-refractivity contribution < 1.29 is 4.39 Å². The summed E-state index contributed by atoms with van der Waals surface area (Å²) in [6.45, 7) is 2.92. The Morgan fingerprint density at radius 1 is 1.24 bits per heavy atom. The fraction of sp³-hybridized carbons (Fsp3) is 0.286. The number of hydrogen-bond acceptors (Lipinski definition) is 2. The summed E-state index contributed by atoms with van der Waals surface area (Å²) in [6, 6.07) is 11.5. The minimum Gasteiger partial charge on any atom is -0.309 e. The molecule has 1 unspecified atom stereocenters. The summed E-state index contributed by atoms with van der Waals surface area (Å²) in [5.41, 5.74) is 0.776. The number of halogens is 1. The fourth-order valence-electron chi connectivity index (χ4n) is 1.76. The molecule has 0 spiro atoms. The van der Waals surface area contributed by atoms with Crippen molar-refractivity contribution in [2.24, 2.45) is 0 Å². The zero-order valence-corrected chi connectivity index (χ0v) is 10.6. The van der Waals surface area contributed by atoms with Crippen LogP contribution in [0.1, 0.15) is 23.4 Å². The lowest BCUT2D eigenvalue weighted by atomic mass is 10.1. The molecule has 3 heteroatoms. The van der Waals surface area contributed by atoms with E-state index in [0.29, 0.717) is 6.04 Å². The van der Waals surface area contributed by atoms with Crippen molar-refractivity contribution in [3.05, 3.63) is 58.0 Å². The first-order valence-electron chi connectivity index (χ1n) is 5.77. The summed E-state index contributed by atoms with van der Waals surface area (Å²) in [6.07, 6.45) is 0.725. The van der Waals surface area contributed by atoms with E-state index in [1.807, 2.05) is 12.1 Å². The summed E-state index contributed by atoms with van der Waals surface area (Å²) in [5.74, 6) is -0.113. The Bertz CT molecular complexity index is 453. The highest BCUT2D eigenvalue weighted by molar-refractivity contribution is 7.10. The van der Waals surface area contributed by atoms with Crippen molar-refractivity contribution in [1.29, 1.82) is 0 Å². The van der Waals surface area contributed by atoms with E-state index in [1.165, 1.54) is 10.9 Å². The third-order valence-corrected chi connectivity index (χ3v) is 3.83. The average Bonchev–Trinajstić information content (AvgIpc) is 2.85. The monoisotopic (exact) mass is 249 g/mol. The second kappa shape index (κ2) is 5.94.